The second-order valence-corrected chi connectivity index (χ2v) is 11.9. The number of aliphatic hydroxyl groups excluding tert-OH is 3. The van der Waals surface area contributed by atoms with Crippen molar-refractivity contribution in [2.24, 2.45) is 17.4 Å². The van der Waals surface area contributed by atoms with Crippen molar-refractivity contribution in [2.45, 2.75) is 118 Å². The summed E-state index contributed by atoms with van der Waals surface area (Å²) in [6.45, 7) is 4.12. The third kappa shape index (κ3) is 7.08. The highest BCUT2D eigenvalue weighted by molar-refractivity contribution is 5.90. The van der Waals surface area contributed by atoms with Crippen LogP contribution in [0.2, 0.25) is 0 Å². The molecular formula is C25H47N5O9. The van der Waals surface area contributed by atoms with Crippen molar-refractivity contribution in [3.05, 3.63) is 0 Å². The van der Waals surface area contributed by atoms with Crippen molar-refractivity contribution in [2.75, 3.05) is 26.3 Å². The van der Waals surface area contributed by atoms with E-state index >= 15 is 0 Å². The first-order valence-corrected chi connectivity index (χ1v) is 13.9. The summed E-state index contributed by atoms with van der Waals surface area (Å²) in [6, 6.07) is -1.84. The standard InChI is InChI=1S/C25H47N5O9/c1-12-17(32)22(36-11-24(12,2)34)39-20-16(30-23(28)25(35)5-6-25)9-15(27)19(18(20)33)38-21-14(26)4-3-13(37-21)10-29-7-8-31/h12-22,29,31-35H,3-11,26-27H2,1-2H3,(H2,28,30)/t12-,13+,14?,15+,16-,17?,18?,19?,20?,21-,22-,24?/m1/s1. The first kappa shape index (κ1) is 30.9. The van der Waals surface area contributed by atoms with E-state index < -0.39 is 72.2 Å². The van der Waals surface area contributed by atoms with Crippen molar-refractivity contribution in [1.29, 1.82) is 5.41 Å². The Morgan fingerprint density at radius 3 is 2.41 bits per heavy atom. The molecule has 6 unspecified atom stereocenters. The minimum absolute atomic E-state index is 0.0104. The van der Waals surface area contributed by atoms with Crippen LogP contribution in [0.4, 0.5) is 0 Å². The third-order valence-electron chi connectivity index (χ3n) is 8.59. The van der Waals surface area contributed by atoms with E-state index in [1.807, 2.05) is 0 Å². The first-order valence-electron chi connectivity index (χ1n) is 13.9. The summed E-state index contributed by atoms with van der Waals surface area (Å²) in [6.07, 6.45) is -4.24. The number of rotatable bonds is 10. The van der Waals surface area contributed by atoms with Crippen molar-refractivity contribution in [1.82, 2.24) is 10.6 Å². The Morgan fingerprint density at radius 2 is 1.74 bits per heavy atom. The maximum atomic E-state index is 11.5. The lowest BCUT2D eigenvalue weighted by molar-refractivity contribution is -0.313. The van der Waals surface area contributed by atoms with Crippen LogP contribution in [0.15, 0.2) is 0 Å². The lowest BCUT2D eigenvalue weighted by Crippen LogP contribution is -2.68. The third-order valence-corrected chi connectivity index (χ3v) is 8.59. The molecule has 0 radical (unpaired) electrons. The zero-order valence-electron chi connectivity index (χ0n) is 22.7. The molecule has 14 nitrogen and oxygen atoms in total. The average molecular weight is 562 g/mol. The predicted molar refractivity (Wildman–Crippen MR) is 139 cm³/mol. The van der Waals surface area contributed by atoms with Crippen molar-refractivity contribution >= 4 is 5.84 Å². The number of ether oxygens (including phenoxy) is 4. The second-order valence-electron chi connectivity index (χ2n) is 11.9. The Kier molecular flexibility index (Phi) is 9.89. The van der Waals surface area contributed by atoms with Gasteiger partial charge in [-0.15, -0.1) is 0 Å². The van der Waals surface area contributed by atoms with Gasteiger partial charge in [-0.1, -0.05) is 6.92 Å². The number of hydrogen-bond donors (Lipinski definition) is 10. The summed E-state index contributed by atoms with van der Waals surface area (Å²) >= 11 is 0. The zero-order valence-corrected chi connectivity index (χ0v) is 22.7. The summed E-state index contributed by atoms with van der Waals surface area (Å²) in [5, 5.41) is 66.7. The van der Waals surface area contributed by atoms with E-state index in [1.54, 1.807) is 13.8 Å². The summed E-state index contributed by atoms with van der Waals surface area (Å²) in [5.41, 5.74) is 10.3. The van der Waals surface area contributed by atoms with Gasteiger partial charge in [0, 0.05) is 25.0 Å². The number of hydrogen-bond acceptors (Lipinski definition) is 13. The number of amidine groups is 1. The Bertz CT molecular complexity index is 834. The van der Waals surface area contributed by atoms with Gasteiger partial charge in [0.1, 0.15) is 35.9 Å². The van der Waals surface area contributed by atoms with Gasteiger partial charge in [-0.05, 0) is 39.0 Å². The van der Waals surface area contributed by atoms with Gasteiger partial charge in [0.15, 0.2) is 12.6 Å². The van der Waals surface area contributed by atoms with Gasteiger partial charge in [-0.2, -0.15) is 0 Å². The fraction of sp³-hybridized carbons (Fsp3) is 0.960. The van der Waals surface area contributed by atoms with Crippen LogP contribution in [-0.4, -0.2) is 130 Å². The fourth-order valence-electron chi connectivity index (χ4n) is 5.44. The van der Waals surface area contributed by atoms with Crippen molar-refractivity contribution in [3.63, 3.8) is 0 Å². The van der Waals surface area contributed by atoms with Gasteiger partial charge < -0.3 is 66.6 Å². The maximum Gasteiger partial charge on any atom is 0.184 e. The molecule has 14 heteroatoms. The van der Waals surface area contributed by atoms with Crippen LogP contribution >= 0.6 is 0 Å². The van der Waals surface area contributed by atoms with E-state index in [0.29, 0.717) is 38.8 Å². The second kappa shape index (κ2) is 12.5. The molecule has 0 spiro atoms. The van der Waals surface area contributed by atoms with Crippen LogP contribution in [0.5, 0.6) is 0 Å². The Balaban J connectivity index is 1.48. The van der Waals surface area contributed by atoms with Gasteiger partial charge in [0.2, 0.25) is 0 Å². The Labute approximate surface area is 228 Å². The lowest BCUT2D eigenvalue weighted by Gasteiger charge is -2.49. The van der Waals surface area contributed by atoms with Gasteiger partial charge in [0.25, 0.3) is 0 Å². The van der Waals surface area contributed by atoms with Crippen LogP contribution in [0.1, 0.15) is 46.0 Å². The van der Waals surface area contributed by atoms with Crippen LogP contribution in [-0.2, 0) is 18.9 Å². The molecule has 4 aliphatic rings. The van der Waals surface area contributed by atoms with Crippen molar-refractivity contribution < 1.29 is 44.5 Å². The highest BCUT2D eigenvalue weighted by Crippen LogP contribution is 2.37. The highest BCUT2D eigenvalue weighted by Gasteiger charge is 2.52. The molecule has 2 aliphatic carbocycles. The van der Waals surface area contributed by atoms with E-state index in [2.05, 4.69) is 10.6 Å². The van der Waals surface area contributed by atoms with Gasteiger partial charge >= 0.3 is 0 Å². The van der Waals surface area contributed by atoms with E-state index in [1.165, 1.54) is 0 Å². The molecule has 0 aromatic carbocycles. The molecule has 0 aromatic rings. The summed E-state index contributed by atoms with van der Waals surface area (Å²) in [5.74, 6) is -0.662. The molecule has 0 bridgehead atoms. The molecule has 12 atom stereocenters. The van der Waals surface area contributed by atoms with Crippen LogP contribution < -0.4 is 22.1 Å². The zero-order chi connectivity index (χ0) is 28.5. The van der Waals surface area contributed by atoms with Gasteiger partial charge in [-0.3, -0.25) is 5.41 Å². The van der Waals surface area contributed by atoms with E-state index in [-0.39, 0.29) is 31.6 Å². The molecule has 2 saturated heterocycles. The smallest absolute Gasteiger partial charge is 0.184 e. The SMILES string of the molecule is C[C@@H]1C(O)[C@@H](OC2C(O)C(O[C@H]3O[C@H](CNCCO)CCC3N)[C@@H](N)C[C@H]2NC(=N)C2(O)CC2)OCC1(C)O. The van der Waals surface area contributed by atoms with E-state index in [4.69, 9.17) is 40.9 Å². The van der Waals surface area contributed by atoms with Gasteiger partial charge in [-0.25, -0.2) is 0 Å². The monoisotopic (exact) mass is 561 g/mol. The molecule has 0 aromatic heterocycles. The van der Waals surface area contributed by atoms with Crippen LogP contribution in [0.25, 0.3) is 0 Å². The Hall–Kier alpha value is -1.01. The predicted octanol–water partition coefficient (Wildman–Crippen LogP) is -3.17. The molecule has 226 valence electrons. The van der Waals surface area contributed by atoms with E-state index in [9.17, 15) is 20.4 Å². The fourth-order valence-corrected chi connectivity index (χ4v) is 5.44. The van der Waals surface area contributed by atoms with E-state index in [0.717, 1.165) is 0 Å². The summed E-state index contributed by atoms with van der Waals surface area (Å²) in [4.78, 5) is 0. The molecule has 2 saturated carbocycles. The molecule has 39 heavy (non-hydrogen) atoms. The molecular weight excluding hydrogens is 514 g/mol. The number of aliphatic hydroxyl groups is 5. The molecule has 2 heterocycles. The minimum atomic E-state index is -1.33. The number of nitrogens with one attached hydrogen (secondary N) is 3. The summed E-state index contributed by atoms with van der Waals surface area (Å²) in [7, 11) is 0. The van der Waals surface area contributed by atoms with Crippen molar-refractivity contribution in [3.8, 4) is 0 Å². The average Bonchev–Trinajstić information content (AvgIpc) is 3.64. The first-order chi connectivity index (χ1) is 18.4. The summed E-state index contributed by atoms with van der Waals surface area (Å²) < 4.78 is 24.0. The quantitative estimate of drug-likeness (QED) is 0.0720. The largest absolute Gasteiger partial charge is 0.395 e. The topological polar surface area (TPSA) is 238 Å². The molecule has 4 rings (SSSR count). The normalized spacial score (nSPS) is 46.0. The minimum Gasteiger partial charge on any atom is -0.395 e. The van der Waals surface area contributed by atoms with Crippen LogP contribution in [0.3, 0.4) is 0 Å². The number of nitrogens with two attached hydrogens (primary N) is 2. The Morgan fingerprint density at radius 1 is 1.05 bits per heavy atom. The lowest BCUT2D eigenvalue weighted by atomic mass is 9.82. The molecule has 0 amide bonds. The maximum absolute atomic E-state index is 11.5. The highest BCUT2D eigenvalue weighted by atomic mass is 16.7. The van der Waals surface area contributed by atoms with Gasteiger partial charge in [0.05, 0.1) is 37.0 Å². The molecule has 2 aliphatic heterocycles. The molecule has 12 N–H and O–H groups in total. The van der Waals surface area contributed by atoms with Crippen LogP contribution in [0, 0.1) is 11.3 Å². The molecule has 4 fully saturated rings.